The first kappa shape index (κ1) is 14.8. The van der Waals surface area contributed by atoms with Crippen molar-refractivity contribution in [2.24, 2.45) is 0 Å². The number of Topliss-reactive ketones (excluding diaryl/α,β-unsaturated/α-hetero) is 2. The van der Waals surface area contributed by atoms with E-state index in [4.69, 9.17) is 4.74 Å². The van der Waals surface area contributed by atoms with E-state index in [0.717, 1.165) is 10.2 Å². The molecule has 0 saturated carbocycles. The topological polar surface area (TPSA) is 61.2 Å². The predicted octanol–water partition coefficient (Wildman–Crippen LogP) is 3.69. The quantitative estimate of drug-likeness (QED) is 0.634. The number of fused-ring (bicyclic) bond motifs is 3. The molecule has 24 heavy (non-hydrogen) atoms. The molecule has 0 unspecified atom stereocenters. The van der Waals surface area contributed by atoms with Crippen LogP contribution in [0.4, 0.5) is 0 Å². The highest BCUT2D eigenvalue weighted by molar-refractivity contribution is 9.10. The summed E-state index contributed by atoms with van der Waals surface area (Å²) in [7, 11) is 1.44. The molecule has 118 valence electrons. The third-order valence-corrected chi connectivity index (χ3v) is 4.46. The Bertz CT molecular complexity index is 993. The van der Waals surface area contributed by atoms with Crippen LogP contribution in [0.25, 0.3) is 16.9 Å². The smallest absolute Gasteiger partial charge is 0.245 e. The van der Waals surface area contributed by atoms with Crippen LogP contribution >= 0.6 is 15.9 Å². The van der Waals surface area contributed by atoms with Crippen molar-refractivity contribution in [1.82, 2.24) is 9.78 Å². The third kappa shape index (κ3) is 2.03. The lowest BCUT2D eigenvalue weighted by Crippen LogP contribution is -2.22. The molecule has 1 heterocycles. The maximum absolute atomic E-state index is 12.6. The van der Waals surface area contributed by atoms with E-state index in [1.165, 1.54) is 7.11 Å². The van der Waals surface area contributed by atoms with Gasteiger partial charge in [0.1, 0.15) is 5.56 Å². The number of carbonyl (C=O) groups excluding carboxylic acids is 2. The Balaban J connectivity index is 2.10. The first-order chi connectivity index (χ1) is 11.6. The number of hydrogen-bond donors (Lipinski definition) is 0. The maximum Gasteiger partial charge on any atom is 0.245 e. The number of hydrogen-bond acceptors (Lipinski definition) is 4. The van der Waals surface area contributed by atoms with Gasteiger partial charge in [-0.05, 0) is 24.3 Å². The van der Waals surface area contributed by atoms with Gasteiger partial charge in [0.15, 0.2) is 0 Å². The van der Waals surface area contributed by atoms with Gasteiger partial charge in [-0.1, -0.05) is 40.2 Å². The van der Waals surface area contributed by atoms with Crippen LogP contribution in [0.3, 0.4) is 0 Å². The SMILES string of the molecule is COc1nn(-c2ccccc2)c2c1C(=O)C(=O)c1cc(Br)ccc1-2. The summed E-state index contributed by atoms with van der Waals surface area (Å²) in [6.07, 6.45) is 0. The number of rotatable bonds is 2. The maximum atomic E-state index is 12.6. The first-order valence-corrected chi connectivity index (χ1v) is 8.02. The number of nitrogens with zero attached hydrogens (tertiary/aromatic N) is 2. The minimum absolute atomic E-state index is 0.153. The van der Waals surface area contributed by atoms with Gasteiger partial charge in [-0.25, -0.2) is 4.68 Å². The lowest BCUT2D eigenvalue weighted by Gasteiger charge is -2.17. The van der Waals surface area contributed by atoms with E-state index in [0.29, 0.717) is 16.8 Å². The Kier molecular flexibility index (Phi) is 3.35. The summed E-state index contributed by atoms with van der Waals surface area (Å²) in [5.74, 6) is -1.000. The van der Waals surface area contributed by atoms with Crippen molar-refractivity contribution in [3.05, 3.63) is 64.1 Å². The fraction of sp³-hybridized carbons (Fsp3) is 0.0556. The van der Waals surface area contributed by atoms with Crippen molar-refractivity contribution >= 4 is 27.5 Å². The van der Waals surface area contributed by atoms with Gasteiger partial charge in [-0.3, -0.25) is 9.59 Å². The fourth-order valence-corrected chi connectivity index (χ4v) is 3.26. The number of benzene rings is 2. The van der Waals surface area contributed by atoms with E-state index in [-0.39, 0.29) is 11.4 Å². The van der Waals surface area contributed by atoms with Gasteiger partial charge in [-0.2, -0.15) is 0 Å². The van der Waals surface area contributed by atoms with E-state index in [2.05, 4.69) is 21.0 Å². The Labute approximate surface area is 146 Å². The molecule has 0 amide bonds. The zero-order chi connectivity index (χ0) is 16.8. The predicted molar refractivity (Wildman–Crippen MR) is 91.9 cm³/mol. The number of aromatic nitrogens is 2. The molecule has 2 aromatic carbocycles. The van der Waals surface area contributed by atoms with Gasteiger partial charge in [-0.15, -0.1) is 5.10 Å². The van der Waals surface area contributed by atoms with Crippen molar-refractivity contribution in [2.75, 3.05) is 7.11 Å². The van der Waals surface area contributed by atoms with Gasteiger partial charge in [0.25, 0.3) is 0 Å². The number of halogens is 1. The van der Waals surface area contributed by atoms with Gasteiger partial charge in [0.05, 0.1) is 18.5 Å². The molecule has 3 aromatic rings. The number of ketones is 2. The molecule has 4 rings (SSSR count). The van der Waals surface area contributed by atoms with Crippen molar-refractivity contribution < 1.29 is 14.3 Å². The lowest BCUT2D eigenvalue weighted by molar-refractivity contribution is 0.0813. The standard InChI is InChI=1S/C18H11BrN2O3/c1-24-18-14-15(21(20-18)11-5-3-2-4-6-11)12-8-7-10(19)9-13(12)16(22)17(14)23/h2-9H,1H3. The van der Waals surface area contributed by atoms with Crippen LogP contribution in [-0.4, -0.2) is 28.5 Å². The van der Waals surface area contributed by atoms with Crippen LogP contribution in [0.5, 0.6) is 5.88 Å². The van der Waals surface area contributed by atoms with Gasteiger partial charge in [0.2, 0.25) is 17.4 Å². The average molecular weight is 383 g/mol. The van der Waals surface area contributed by atoms with Crippen molar-refractivity contribution in [3.8, 4) is 22.8 Å². The summed E-state index contributed by atoms with van der Waals surface area (Å²) < 4.78 is 7.64. The Morgan fingerprint density at radius 3 is 2.46 bits per heavy atom. The number of carbonyl (C=O) groups is 2. The van der Waals surface area contributed by atoms with E-state index < -0.39 is 11.6 Å². The van der Waals surface area contributed by atoms with Crippen LogP contribution in [0.1, 0.15) is 20.7 Å². The number of methoxy groups -OCH3 is 1. The average Bonchev–Trinajstić information content (AvgIpc) is 3.00. The van der Waals surface area contributed by atoms with E-state index in [9.17, 15) is 9.59 Å². The molecule has 1 aliphatic carbocycles. The highest BCUT2D eigenvalue weighted by Crippen LogP contribution is 2.40. The second kappa shape index (κ2) is 5.42. The molecule has 0 N–H and O–H groups in total. The van der Waals surface area contributed by atoms with Gasteiger partial charge >= 0.3 is 0 Å². The van der Waals surface area contributed by atoms with Crippen molar-refractivity contribution in [1.29, 1.82) is 0 Å². The molecule has 1 aromatic heterocycles. The molecule has 0 aliphatic heterocycles. The van der Waals surface area contributed by atoms with Crippen LogP contribution in [-0.2, 0) is 0 Å². The zero-order valence-electron chi connectivity index (χ0n) is 12.6. The molecule has 0 fully saturated rings. The Morgan fingerprint density at radius 2 is 1.75 bits per heavy atom. The summed E-state index contributed by atoms with van der Waals surface area (Å²) >= 11 is 3.35. The largest absolute Gasteiger partial charge is 0.479 e. The highest BCUT2D eigenvalue weighted by atomic mass is 79.9. The van der Waals surface area contributed by atoms with E-state index in [1.54, 1.807) is 10.7 Å². The third-order valence-electron chi connectivity index (χ3n) is 3.96. The summed E-state index contributed by atoms with van der Waals surface area (Å²) in [4.78, 5) is 25.1. The molecule has 0 spiro atoms. The normalized spacial score (nSPS) is 12.8. The minimum atomic E-state index is -0.602. The summed E-state index contributed by atoms with van der Waals surface area (Å²) in [5, 5.41) is 4.40. The molecule has 0 radical (unpaired) electrons. The van der Waals surface area contributed by atoms with Crippen molar-refractivity contribution in [2.45, 2.75) is 0 Å². The van der Waals surface area contributed by atoms with Gasteiger partial charge in [0, 0.05) is 15.6 Å². The summed E-state index contributed by atoms with van der Waals surface area (Å²) in [6, 6.07) is 14.7. The summed E-state index contributed by atoms with van der Waals surface area (Å²) in [6.45, 7) is 0. The summed E-state index contributed by atoms with van der Waals surface area (Å²) in [5.41, 5.74) is 2.60. The molecular formula is C18H11BrN2O3. The molecule has 0 atom stereocenters. The van der Waals surface area contributed by atoms with Crippen LogP contribution in [0, 0.1) is 0 Å². The highest BCUT2D eigenvalue weighted by Gasteiger charge is 2.37. The van der Waals surface area contributed by atoms with Crippen molar-refractivity contribution in [3.63, 3.8) is 0 Å². The number of para-hydroxylation sites is 1. The minimum Gasteiger partial charge on any atom is -0.479 e. The Morgan fingerprint density at radius 1 is 1.00 bits per heavy atom. The first-order valence-electron chi connectivity index (χ1n) is 7.23. The Hall–Kier alpha value is -2.73. The molecule has 6 heteroatoms. The molecule has 1 aliphatic rings. The van der Waals surface area contributed by atoms with Crippen LogP contribution < -0.4 is 4.74 Å². The molecule has 0 saturated heterocycles. The van der Waals surface area contributed by atoms with Crippen LogP contribution in [0.15, 0.2) is 53.0 Å². The second-order valence-electron chi connectivity index (χ2n) is 5.33. The zero-order valence-corrected chi connectivity index (χ0v) is 14.2. The van der Waals surface area contributed by atoms with Crippen LogP contribution in [0.2, 0.25) is 0 Å². The lowest BCUT2D eigenvalue weighted by atomic mass is 9.88. The van der Waals surface area contributed by atoms with E-state index >= 15 is 0 Å². The molecule has 0 bridgehead atoms. The fourth-order valence-electron chi connectivity index (χ4n) is 2.90. The monoisotopic (exact) mass is 382 g/mol. The molecular weight excluding hydrogens is 372 g/mol. The molecule has 5 nitrogen and oxygen atoms in total. The van der Waals surface area contributed by atoms with Gasteiger partial charge < -0.3 is 4.74 Å². The van der Waals surface area contributed by atoms with E-state index in [1.807, 2.05) is 42.5 Å². The number of ether oxygens (including phenoxy) is 1. The second-order valence-corrected chi connectivity index (χ2v) is 6.24.